The summed E-state index contributed by atoms with van der Waals surface area (Å²) in [4.78, 5) is 19.6. The average molecular weight is 431 g/mol. The molecule has 156 valence electrons. The second kappa shape index (κ2) is 8.09. The molecule has 31 heavy (non-hydrogen) atoms. The fourth-order valence-corrected chi connectivity index (χ4v) is 4.76. The largest absolute Gasteiger partial charge is 0.439 e. The lowest BCUT2D eigenvalue weighted by Gasteiger charge is -2.27. The third-order valence-corrected chi connectivity index (χ3v) is 6.53. The number of aromatic nitrogens is 1. The molecule has 4 aromatic rings. The predicted molar refractivity (Wildman–Crippen MR) is 126 cm³/mol. The van der Waals surface area contributed by atoms with E-state index in [0.717, 1.165) is 42.9 Å². The Morgan fingerprint density at radius 3 is 2.77 bits per heavy atom. The highest BCUT2D eigenvalue weighted by Gasteiger charge is 2.19. The van der Waals surface area contributed by atoms with Gasteiger partial charge in [0, 0.05) is 43.2 Å². The Balaban J connectivity index is 1.57. The molecule has 0 amide bonds. The third kappa shape index (κ3) is 3.66. The van der Waals surface area contributed by atoms with E-state index in [2.05, 4.69) is 10.2 Å². The lowest BCUT2D eigenvalue weighted by Crippen LogP contribution is -2.43. The van der Waals surface area contributed by atoms with Crippen molar-refractivity contribution in [2.45, 2.75) is 6.92 Å². The summed E-state index contributed by atoms with van der Waals surface area (Å²) in [5.74, 6) is 0.599. The first-order valence-corrected chi connectivity index (χ1v) is 11.1. The first kappa shape index (κ1) is 19.7. The molecule has 1 saturated heterocycles. The third-order valence-electron chi connectivity index (χ3n) is 5.55. The summed E-state index contributed by atoms with van der Waals surface area (Å²) in [7, 11) is 0. The van der Waals surface area contributed by atoms with Crippen molar-refractivity contribution in [1.29, 1.82) is 5.41 Å². The quantitative estimate of drug-likeness (QED) is 0.477. The van der Waals surface area contributed by atoms with Crippen LogP contribution in [0.2, 0.25) is 0 Å². The van der Waals surface area contributed by atoms with E-state index in [9.17, 15) is 4.79 Å². The topological polar surface area (TPSA) is 82.2 Å². The minimum atomic E-state index is -0.0326. The molecule has 0 aliphatic carbocycles. The van der Waals surface area contributed by atoms with Gasteiger partial charge in [0.15, 0.2) is 11.5 Å². The van der Waals surface area contributed by atoms with E-state index in [1.807, 2.05) is 54.8 Å². The number of piperazine rings is 1. The van der Waals surface area contributed by atoms with Crippen LogP contribution in [0.15, 0.2) is 63.1 Å². The van der Waals surface area contributed by atoms with Gasteiger partial charge in [-0.05, 0) is 24.6 Å². The van der Waals surface area contributed by atoms with Crippen LogP contribution in [0.25, 0.3) is 21.5 Å². The van der Waals surface area contributed by atoms with Crippen molar-refractivity contribution < 1.29 is 4.42 Å². The normalized spacial score (nSPS) is 14.2. The molecule has 3 aromatic heterocycles. The molecule has 1 fully saturated rings. The Labute approximate surface area is 183 Å². The van der Waals surface area contributed by atoms with Crippen molar-refractivity contribution >= 4 is 33.2 Å². The van der Waals surface area contributed by atoms with Crippen molar-refractivity contribution in [3.8, 4) is 11.3 Å². The van der Waals surface area contributed by atoms with Gasteiger partial charge in [-0.1, -0.05) is 30.3 Å². The summed E-state index contributed by atoms with van der Waals surface area (Å²) >= 11 is 1.37. The van der Waals surface area contributed by atoms with Gasteiger partial charge in [-0.25, -0.2) is 4.98 Å². The van der Waals surface area contributed by atoms with Gasteiger partial charge >= 0.3 is 0 Å². The maximum Gasteiger partial charge on any atom is 0.204 e. The summed E-state index contributed by atoms with van der Waals surface area (Å²) in [5.41, 5.74) is 4.88. The van der Waals surface area contributed by atoms with Crippen molar-refractivity contribution in [2.75, 3.05) is 31.1 Å². The van der Waals surface area contributed by atoms with Crippen molar-refractivity contribution in [3.63, 3.8) is 0 Å². The Hall–Kier alpha value is -3.29. The molecule has 1 aliphatic heterocycles. The van der Waals surface area contributed by atoms with Crippen molar-refractivity contribution in [3.05, 3.63) is 81.0 Å². The number of benzene rings is 1. The molecule has 7 heteroatoms. The number of thiophene rings is 1. The summed E-state index contributed by atoms with van der Waals surface area (Å²) in [6, 6.07) is 15.0. The number of aryl methyl sites for hydroxylation is 1. The molecule has 1 aliphatic rings. The molecule has 0 bridgehead atoms. The second-order valence-corrected chi connectivity index (χ2v) is 8.47. The van der Waals surface area contributed by atoms with Gasteiger partial charge in [0.2, 0.25) is 5.43 Å². The van der Waals surface area contributed by atoms with E-state index in [4.69, 9.17) is 14.8 Å². The summed E-state index contributed by atoms with van der Waals surface area (Å²) in [5, 5.41) is 13.9. The molecule has 1 aromatic carbocycles. The first-order chi connectivity index (χ1) is 15.1. The van der Waals surface area contributed by atoms with Crippen LogP contribution in [-0.2, 0) is 0 Å². The Morgan fingerprint density at radius 2 is 1.97 bits per heavy atom. The minimum absolute atomic E-state index is 0.0326. The lowest BCUT2D eigenvalue weighted by atomic mass is 10.0. The van der Waals surface area contributed by atoms with Crippen LogP contribution in [-0.4, -0.2) is 36.9 Å². The fraction of sp³-hybridized carbons (Fsp3) is 0.208. The van der Waals surface area contributed by atoms with Gasteiger partial charge in [0.1, 0.15) is 4.70 Å². The van der Waals surface area contributed by atoms with Crippen molar-refractivity contribution in [2.24, 2.45) is 0 Å². The number of rotatable bonds is 4. The van der Waals surface area contributed by atoms with E-state index >= 15 is 0 Å². The maximum atomic E-state index is 12.7. The Kier molecular flexibility index (Phi) is 5.13. The molecule has 4 heterocycles. The van der Waals surface area contributed by atoms with E-state index in [1.54, 1.807) is 6.07 Å². The van der Waals surface area contributed by atoms with Gasteiger partial charge in [-0.2, -0.15) is 0 Å². The minimum Gasteiger partial charge on any atom is -0.439 e. The zero-order valence-corrected chi connectivity index (χ0v) is 18.0. The zero-order valence-electron chi connectivity index (χ0n) is 17.1. The maximum absolute atomic E-state index is 12.7. The molecule has 0 unspecified atom stereocenters. The number of nitrogens with zero attached hydrogens (tertiary/aromatic N) is 2. The Bertz CT molecular complexity index is 1330. The molecule has 0 radical (unpaired) electrons. The number of anilines is 1. The predicted octanol–water partition coefficient (Wildman–Crippen LogP) is 4.05. The molecule has 2 N–H and O–H groups in total. The van der Waals surface area contributed by atoms with E-state index in [1.165, 1.54) is 11.3 Å². The van der Waals surface area contributed by atoms with E-state index in [0.29, 0.717) is 33.3 Å². The first-order valence-electron chi connectivity index (χ1n) is 10.2. The zero-order chi connectivity index (χ0) is 21.4. The molecule has 0 spiro atoms. The highest BCUT2D eigenvalue weighted by molar-refractivity contribution is 7.17. The molecular formula is C24H22N4O2S. The van der Waals surface area contributed by atoms with Crippen LogP contribution in [0.5, 0.6) is 0 Å². The standard InChI is InChI=1S/C24H22N4O2S/c1-15-5-2-3-6-16(15)22(25)19-8-4-7-18(27-19)17-14-31-24-20(29)13-21(30-23(17)24)28-11-9-26-10-12-28/h2-8,13-14,25-26H,9-12H2,1H3. The summed E-state index contributed by atoms with van der Waals surface area (Å²) < 4.78 is 6.82. The molecule has 5 rings (SSSR count). The monoisotopic (exact) mass is 430 g/mol. The molecular weight excluding hydrogens is 408 g/mol. The smallest absolute Gasteiger partial charge is 0.204 e. The van der Waals surface area contributed by atoms with Gasteiger partial charge in [0.25, 0.3) is 0 Å². The van der Waals surface area contributed by atoms with Gasteiger partial charge < -0.3 is 14.6 Å². The highest BCUT2D eigenvalue weighted by Crippen LogP contribution is 2.34. The van der Waals surface area contributed by atoms with Gasteiger partial charge in [-0.15, -0.1) is 11.3 Å². The van der Waals surface area contributed by atoms with Crippen LogP contribution < -0.4 is 15.6 Å². The van der Waals surface area contributed by atoms with E-state index in [-0.39, 0.29) is 5.43 Å². The van der Waals surface area contributed by atoms with Crippen LogP contribution in [0.1, 0.15) is 16.8 Å². The number of pyridine rings is 1. The van der Waals surface area contributed by atoms with Crippen LogP contribution in [0.4, 0.5) is 5.88 Å². The summed E-state index contributed by atoms with van der Waals surface area (Å²) in [6.45, 7) is 5.32. The van der Waals surface area contributed by atoms with Crippen LogP contribution >= 0.6 is 11.3 Å². The molecule has 0 saturated carbocycles. The van der Waals surface area contributed by atoms with Crippen molar-refractivity contribution in [1.82, 2.24) is 10.3 Å². The second-order valence-electron chi connectivity index (χ2n) is 7.59. The van der Waals surface area contributed by atoms with Crippen LogP contribution in [0, 0.1) is 12.3 Å². The van der Waals surface area contributed by atoms with Gasteiger partial charge in [-0.3, -0.25) is 10.2 Å². The molecule has 0 atom stereocenters. The van der Waals surface area contributed by atoms with Crippen LogP contribution in [0.3, 0.4) is 0 Å². The highest BCUT2D eigenvalue weighted by atomic mass is 32.1. The Morgan fingerprint density at radius 1 is 1.16 bits per heavy atom. The number of hydrogen-bond donors (Lipinski definition) is 2. The summed E-state index contributed by atoms with van der Waals surface area (Å²) in [6.07, 6.45) is 0. The number of fused-ring (bicyclic) bond motifs is 1. The number of hydrogen-bond acceptors (Lipinski definition) is 7. The SMILES string of the molecule is Cc1ccccc1C(=N)c1cccc(-c2csc3c(=O)cc(N4CCNCC4)oc23)n1. The molecule has 6 nitrogen and oxygen atoms in total. The number of nitrogens with one attached hydrogen (secondary N) is 2. The fourth-order valence-electron chi connectivity index (χ4n) is 3.86. The van der Waals surface area contributed by atoms with Gasteiger partial charge in [0.05, 0.1) is 22.7 Å². The van der Waals surface area contributed by atoms with E-state index < -0.39 is 0 Å². The lowest BCUT2D eigenvalue weighted by molar-refractivity contribution is 0.522. The average Bonchev–Trinajstić information content (AvgIpc) is 3.24.